The van der Waals surface area contributed by atoms with Crippen LogP contribution in [0.5, 0.6) is 0 Å². The summed E-state index contributed by atoms with van der Waals surface area (Å²) in [6, 6.07) is 3.48. The predicted molar refractivity (Wildman–Crippen MR) is 78.4 cm³/mol. The summed E-state index contributed by atoms with van der Waals surface area (Å²) >= 11 is 0. The molecule has 1 saturated heterocycles. The first-order chi connectivity index (χ1) is 9.56. The van der Waals surface area contributed by atoms with Gasteiger partial charge in [0.25, 0.3) is 0 Å². The Hall–Kier alpha value is -2.28. The number of carbonyl (C=O) groups is 2. The van der Waals surface area contributed by atoms with Crippen LogP contribution in [0.3, 0.4) is 0 Å². The summed E-state index contributed by atoms with van der Waals surface area (Å²) in [5.41, 5.74) is 11.6. The molecule has 2 aromatic heterocycles. The van der Waals surface area contributed by atoms with E-state index in [9.17, 15) is 9.59 Å². The Morgan fingerprint density at radius 2 is 2.29 bits per heavy atom. The molecule has 1 fully saturated rings. The van der Waals surface area contributed by atoms with Crippen LogP contribution >= 0.6 is 12.4 Å². The topological polar surface area (TPSA) is 115 Å². The molecule has 0 saturated carbocycles. The molecule has 7 nitrogen and oxygen atoms in total. The number of rotatable bonds is 3. The van der Waals surface area contributed by atoms with Gasteiger partial charge in [-0.1, -0.05) is 0 Å². The molecule has 1 aliphatic rings. The number of nitrogens with zero attached hydrogens (tertiary/aromatic N) is 2. The van der Waals surface area contributed by atoms with Crippen molar-refractivity contribution in [2.45, 2.75) is 13.0 Å². The van der Waals surface area contributed by atoms with Gasteiger partial charge in [0.15, 0.2) is 0 Å². The second kappa shape index (κ2) is 5.61. The first-order valence-corrected chi connectivity index (χ1v) is 6.27. The average molecular weight is 311 g/mol. The molecule has 0 radical (unpaired) electrons. The molecule has 0 aliphatic carbocycles. The van der Waals surface area contributed by atoms with Gasteiger partial charge >= 0.3 is 0 Å². The third kappa shape index (κ3) is 2.64. The van der Waals surface area contributed by atoms with Crippen LogP contribution in [-0.4, -0.2) is 28.2 Å². The minimum atomic E-state index is -0.717. The zero-order valence-electron chi connectivity index (χ0n) is 11.1. The number of nitrogen functional groups attached to an aromatic ring is 1. The maximum Gasteiger partial charge on any atom is 0.235 e. The number of primary amides is 1. The molecule has 4 N–H and O–H groups in total. The number of halogens is 1. The van der Waals surface area contributed by atoms with Crippen molar-refractivity contribution in [3.05, 3.63) is 24.1 Å². The van der Waals surface area contributed by atoms with E-state index in [1.54, 1.807) is 23.2 Å². The van der Waals surface area contributed by atoms with Crippen molar-refractivity contribution >= 4 is 41.0 Å². The smallest absolute Gasteiger partial charge is 0.235 e. The van der Waals surface area contributed by atoms with E-state index in [0.29, 0.717) is 36.7 Å². The molecule has 0 spiro atoms. The SMILES string of the molecule is Cl.NC(=O)[C@@H]1CCN(Cc2cc3c(N)nccc3o2)C1=O. The average Bonchev–Trinajstić information content (AvgIpc) is 2.95. The highest BCUT2D eigenvalue weighted by molar-refractivity contribution is 6.00. The maximum absolute atomic E-state index is 12.0. The fourth-order valence-corrected chi connectivity index (χ4v) is 2.46. The lowest BCUT2D eigenvalue weighted by Crippen LogP contribution is -2.33. The normalized spacial score (nSPS) is 18.0. The van der Waals surface area contributed by atoms with Crippen LogP contribution in [0, 0.1) is 5.92 Å². The Labute approximate surface area is 126 Å². The molecular weight excluding hydrogens is 296 g/mol. The molecule has 0 aromatic carbocycles. The van der Waals surface area contributed by atoms with Gasteiger partial charge < -0.3 is 20.8 Å². The fraction of sp³-hybridized carbons (Fsp3) is 0.308. The Morgan fingerprint density at radius 3 is 2.90 bits per heavy atom. The van der Waals surface area contributed by atoms with Gasteiger partial charge in [0.2, 0.25) is 11.8 Å². The second-order valence-electron chi connectivity index (χ2n) is 4.82. The number of likely N-dealkylation sites (tertiary alicyclic amines) is 1. The molecule has 8 heteroatoms. The summed E-state index contributed by atoms with van der Waals surface area (Å²) in [5, 5.41) is 0.723. The Balaban J connectivity index is 0.00000161. The fourth-order valence-electron chi connectivity index (χ4n) is 2.46. The first kappa shape index (κ1) is 15.1. The van der Waals surface area contributed by atoms with Crippen molar-refractivity contribution in [2.24, 2.45) is 11.7 Å². The largest absolute Gasteiger partial charge is 0.459 e. The lowest BCUT2D eigenvalue weighted by atomic mass is 10.1. The van der Waals surface area contributed by atoms with Gasteiger partial charge in [-0.25, -0.2) is 4.98 Å². The van der Waals surface area contributed by atoms with Crippen molar-refractivity contribution in [2.75, 3.05) is 12.3 Å². The van der Waals surface area contributed by atoms with E-state index in [1.807, 2.05) is 0 Å². The van der Waals surface area contributed by atoms with Gasteiger partial charge in [0.1, 0.15) is 23.1 Å². The van der Waals surface area contributed by atoms with Crippen molar-refractivity contribution in [1.82, 2.24) is 9.88 Å². The summed E-state index contributed by atoms with van der Waals surface area (Å²) < 4.78 is 5.62. The van der Waals surface area contributed by atoms with E-state index in [1.165, 1.54) is 0 Å². The van der Waals surface area contributed by atoms with Gasteiger partial charge in [-0.3, -0.25) is 9.59 Å². The molecule has 2 aromatic rings. The zero-order chi connectivity index (χ0) is 14.3. The van der Waals surface area contributed by atoms with E-state index >= 15 is 0 Å². The summed E-state index contributed by atoms with van der Waals surface area (Å²) in [4.78, 5) is 28.6. The molecule has 21 heavy (non-hydrogen) atoms. The highest BCUT2D eigenvalue weighted by Crippen LogP contribution is 2.26. The van der Waals surface area contributed by atoms with Gasteiger partial charge in [0, 0.05) is 12.7 Å². The number of furan rings is 1. The third-order valence-electron chi connectivity index (χ3n) is 3.51. The highest BCUT2D eigenvalue weighted by Gasteiger charge is 2.35. The van der Waals surface area contributed by atoms with Crippen LogP contribution in [0.25, 0.3) is 11.0 Å². The summed E-state index contributed by atoms with van der Waals surface area (Å²) in [6.07, 6.45) is 2.02. The Morgan fingerprint density at radius 1 is 1.52 bits per heavy atom. The molecule has 3 heterocycles. The minimum Gasteiger partial charge on any atom is -0.459 e. The van der Waals surface area contributed by atoms with E-state index < -0.39 is 11.8 Å². The number of carbonyl (C=O) groups excluding carboxylic acids is 2. The summed E-state index contributed by atoms with van der Waals surface area (Å²) in [5.74, 6) is -0.538. The van der Waals surface area contributed by atoms with Gasteiger partial charge in [-0.15, -0.1) is 12.4 Å². The molecule has 1 aliphatic heterocycles. The number of nitrogens with two attached hydrogens (primary N) is 2. The standard InChI is InChI=1S/C13H14N4O3.ClH/c14-11-9-5-7(20-10(9)1-3-16-11)6-17-4-2-8(12(15)18)13(17)19;/h1,3,5,8H,2,4,6H2,(H2,14,16)(H2,15,18);1H/t8-;/m0./s1. The number of anilines is 1. The van der Waals surface area contributed by atoms with E-state index in [0.717, 1.165) is 5.39 Å². The lowest BCUT2D eigenvalue weighted by molar-refractivity contribution is -0.136. The van der Waals surface area contributed by atoms with E-state index in [4.69, 9.17) is 15.9 Å². The van der Waals surface area contributed by atoms with Crippen LogP contribution in [0.2, 0.25) is 0 Å². The van der Waals surface area contributed by atoms with Gasteiger partial charge in [-0.2, -0.15) is 0 Å². The monoisotopic (exact) mass is 310 g/mol. The molecule has 2 amide bonds. The lowest BCUT2D eigenvalue weighted by Gasteiger charge is -2.13. The van der Waals surface area contributed by atoms with Gasteiger partial charge in [-0.05, 0) is 18.6 Å². The predicted octanol–water partition coefficient (Wildman–Crippen LogP) is 0.666. The first-order valence-electron chi connectivity index (χ1n) is 6.27. The number of pyridine rings is 1. The number of hydrogen-bond donors (Lipinski definition) is 2. The molecule has 112 valence electrons. The van der Waals surface area contributed by atoms with Crippen LogP contribution in [-0.2, 0) is 16.1 Å². The summed E-state index contributed by atoms with van der Waals surface area (Å²) in [6.45, 7) is 0.800. The molecule has 0 unspecified atom stereocenters. The van der Waals surface area contributed by atoms with E-state index in [2.05, 4.69) is 4.98 Å². The quantitative estimate of drug-likeness (QED) is 0.808. The third-order valence-corrected chi connectivity index (χ3v) is 3.51. The minimum absolute atomic E-state index is 0. The van der Waals surface area contributed by atoms with Crippen molar-refractivity contribution in [1.29, 1.82) is 0 Å². The zero-order valence-corrected chi connectivity index (χ0v) is 11.9. The molecule has 3 rings (SSSR count). The number of hydrogen-bond acceptors (Lipinski definition) is 5. The molecule has 0 bridgehead atoms. The van der Waals surface area contributed by atoms with E-state index in [-0.39, 0.29) is 18.3 Å². The van der Waals surface area contributed by atoms with Crippen LogP contribution in [0.15, 0.2) is 22.7 Å². The Kier molecular flexibility index (Phi) is 4.04. The van der Waals surface area contributed by atoms with Crippen molar-refractivity contribution in [3.8, 4) is 0 Å². The van der Waals surface area contributed by atoms with Crippen molar-refractivity contribution < 1.29 is 14.0 Å². The van der Waals surface area contributed by atoms with Crippen LogP contribution < -0.4 is 11.5 Å². The maximum atomic E-state index is 12.0. The number of fused-ring (bicyclic) bond motifs is 1. The Bertz CT molecular complexity index is 700. The summed E-state index contributed by atoms with van der Waals surface area (Å²) in [7, 11) is 0. The van der Waals surface area contributed by atoms with Crippen LogP contribution in [0.4, 0.5) is 5.82 Å². The van der Waals surface area contributed by atoms with Gasteiger partial charge in [0.05, 0.1) is 11.9 Å². The second-order valence-corrected chi connectivity index (χ2v) is 4.82. The number of amides is 2. The highest BCUT2D eigenvalue weighted by atomic mass is 35.5. The number of aromatic nitrogens is 1. The van der Waals surface area contributed by atoms with Crippen molar-refractivity contribution in [3.63, 3.8) is 0 Å². The molecule has 1 atom stereocenters. The molecular formula is C13H15ClN4O3. The van der Waals surface area contributed by atoms with Crippen LogP contribution in [0.1, 0.15) is 12.2 Å².